The van der Waals surface area contributed by atoms with Crippen molar-refractivity contribution in [1.82, 2.24) is 10.2 Å². The first-order valence-corrected chi connectivity index (χ1v) is 9.36. The molecular formula is C20H17F6N3O2. The minimum absolute atomic E-state index is 0.0837. The van der Waals surface area contributed by atoms with E-state index in [-0.39, 0.29) is 29.1 Å². The molecule has 1 aromatic heterocycles. The molecule has 2 unspecified atom stereocenters. The Balaban J connectivity index is 1.90. The van der Waals surface area contributed by atoms with Crippen molar-refractivity contribution in [2.24, 2.45) is 16.3 Å². The monoisotopic (exact) mass is 445 g/mol. The summed E-state index contributed by atoms with van der Waals surface area (Å²) in [5.41, 5.74) is -1.51. The summed E-state index contributed by atoms with van der Waals surface area (Å²) in [5, 5.41) is 5.64. The molecule has 5 nitrogen and oxygen atoms in total. The van der Waals surface area contributed by atoms with Gasteiger partial charge in [-0.05, 0) is 29.5 Å². The van der Waals surface area contributed by atoms with Crippen LogP contribution in [0.25, 0.3) is 0 Å². The Hall–Kier alpha value is -2.85. The molecule has 1 aromatic carbocycles. The summed E-state index contributed by atoms with van der Waals surface area (Å²) >= 11 is 0. The summed E-state index contributed by atoms with van der Waals surface area (Å²) in [5.74, 6) is -3.34. The van der Waals surface area contributed by atoms with Crippen LogP contribution in [0.4, 0.5) is 32.2 Å². The predicted molar refractivity (Wildman–Crippen MR) is 97.2 cm³/mol. The number of benzene rings is 1. The molecule has 2 heterocycles. The number of halogens is 6. The lowest BCUT2D eigenvalue weighted by molar-refractivity contribution is -0.274. The molecule has 1 fully saturated rings. The average molecular weight is 445 g/mol. The van der Waals surface area contributed by atoms with Gasteiger partial charge in [0.1, 0.15) is 17.2 Å². The van der Waals surface area contributed by atoms with E-state index in [1.807, 2.05) is 18.9 Å². The number of ketones is 1. The molecule has 0 radical (unpaired) electrons. The van der Waals surface area contributed by atoms with Gasteiger partial charge in [-0.3, -0.25) is 9.89 Å². The first kappa shape index (κ1) is 21.4. The zero-order chi connectivity index (χ0) is 22.8. The normalized spacial score (nSPS) is 23.1. The molecule has 1 aliphatic carbocycles. The van der Waals surface area contributed by atoms with E-state index < -0.39 is 41.2 Å². The summed E-state index contributed by atoms with van der Waals surface area (Å²) in [6, 6.07) is 4.67. The van der Waals surface area contributed by atoms with Crippen molar-refractivity contribution in [2.45, 2.75) is 45.1 Å². The zero-order valence-electron chi connectivity index (χ0n) is 16.4. The van der Waals surface area contributed by atoms with Crippen LogP contribution < -0.4 is 4.74 Å². The van der Waals surface area contributed by atoms with Crippen LogP contribution in [0.2, 0.25) is 0 Å². The Morgan fingerprint density at radius 2 is 1.81 bits per heavy atom. The first-order valence-electron chi connectivity index (χ1n) is 9.36. The molecule has 0 saturated heterocycles. The third-order valence-electron chi connectivity index (χ3n) is 5.43. The largest absolute Gasteiger partial charge is 0.573 e. The van der Waals surface area contributed by atoms with E-state index in [1.54, 1.807) is 0 Å². The van der Waals surface area contributed by atoms with Gasteiger partial charge >= 0.3 is 12.5 Å². The van der Waals surface area contributed by atoms with Crippen molar-refractivity contribution < 1.29 is 35.9 Å². The molecule has 31 heavy (non-hydrogen) atoms. The fourth-order valence-corrected chi connectivity index (χ4v) is 4.42. The molecule has 2 aliphatic rings. The van der Waals surface area contributed by atoms with E-state index >= 15 is 0 Å². The van der Waals surface area contributed by atoms with Gasteiger partial charge in [0.25, 0.3) is 0 Å². The minimum atomic E-state index is -4.97. The number of H-pyrrole nitrogens is 1. The van der Waals surface area contributed by atoms with Gasteiger partial charge in [0, 0.05) is 23.6 Å². The maximum Gasteiger partial charge on any atom is 0.573 e. The Morgan fingerprint density at radius 1 is 1.10 bits per heavy atom. The van der Waals surface area contributed by atoms with Crippen LogP contribution in [-0.2, 0) is 11.0 Å². The van der Waals surface area contributed by atoms with Gasteiger partial charge in [0.05, 0.1) is 5.92 Å². The fourth-order valence-electron chi connectivity index (χ4n) is 4.42. The second-order valence-electron chi connectivity index (χ2n) is 8.50. The molecule has 166 valence electrons. The number of aliphatic imine (C=N–C) groups is 1. The molecule has 2 aromatic rings. The second-order valence-corrected chi connectivity index (χ2v) is 8.50. The SMILES string of the molecule is CC1(C)CC(=O)C2C(=Nc3n[nH]c(C(F)(F)F)c3C2c2cccc(OC(F)(F)F)c2)C1. The van der Waals surface area contributed by atoms with Gasteiger partial charge in [0.15, 0.2) is 5.82 Å². The van der Waals surface area contributed by atoms with E-state index in [4.69, 9.17) is 0 Å². The smallest absolute Gasteiger partial charge is 0.406 e. The lowest BCUT2D eigenvalue weighted by atomic mass is 9.63. The quantitative estimate of drug-likeness (QED) is 0.617. The average Bonchev–Trinajstić information content (AvgIpc) is 3.01. The molecule has 0 bridgehead atoms. The number of hydrogen-bond donors (Lipinski definition) is 1. The van der Waals surface area contributed by atoms with Gasteiger partial charge < -0.3 is 4.74 Å². The van der Waals surface area contributed by atoms with Crippen molar-refractivity contribution in [3.05, 3.63) is 41.1 Å². The predicted octanol–water partition coefficient (Wildman–Crippen LogP) is 5.55. The third-order valence-corrected chi connectivity index (χ3v) is 5.43. The first-order chi connectivity index (χ1) is 14.3. The molecule has 0 amide bonds. The maximum atomic E-state index is 13.7. The number of nitrogens with zero attached hydrogens (tertiary/aromatic N) is 2. The Morgan fingerprint density at radius 3 is 2.45 bits per heavy atom. The van der Waals surface area contributed by atoms with Gasteiger partial charge in [-0.25, -0.2) is 4.99 Å². The van der Waals surface area contributed by atoms with Crippen molar-refractivity contribution >= 4 is 17.3 Å². The number of aromatic nitrogens is 2. The van der Waals surface area contributed by atoms with E-state index in [0.717, 1.165) is 12.1 Å². The lowest BCUT2D eigenvalue weighted by Gasteiger charge is -2.40. The van der Waals surface area contributed by atoms with Crippen LogP contribution in [-0.4, -0.2) is 28.1 Å². The standard InChI is InChI=1S/C20H17F6N3O2/c1-18(2)7-11-14(12(30)8-18)13(9-4-3-5-10(6-9)31-20(24,25)26)15-16(19(21,22)23)28-29-17(15)27-11/h3-6,13-14H,7-8H2,1-2H3,(H,28,29). The summed E-state index contributed by atoms with van der Waals surface area (Å²) in [6.07, 6.45) is -9.32. The highest BCUT2D eigenvalue weighted by atomic mass is 19.4. The number of hydrogen-bond acceptors (Lipinski definition) is 4. The number of rotatable bonds is 2. The van der Waals surface area contributed by atoms with E-state index in [2.05, 4.69) is 14.8 Å². The number of carbonyl (C=O) groups is 1. The number of nitrogens with one attached hydrogen (secondary N) is 1. The third kappa shape index (κ3) is 4.05. The van der Waals surface area contributed by atoms with Crippen LogP contribution in [0.3, 0.4) is 0 Å². The number of Topliss-reactive ketones (excluding diaryl/α,β-unsaturated/α-hetero) is 1. The number of carbonyl (C=O) groups excluding carboxylic acids is 1. The zero-order valence-corrected chi connectivity index (χ0v) is 16.4. The topological polar surface area (TPSA) is 67.3 Å². The molecule has 11 heteroatoms. The number of alkyl halides is 6. The molecule has 1 aliphatic heterocycles. The summed E-state index contributed by atoms with van der Waals surface area (Å²) in [6.45, 7) is 3.69. The molecule has 0 spiro atoms. The highest BCUT2D eigenvalue weighted by Crippen LogP contribution is 2.51. The summed E-state index contributed by atoms with van der Waals surface area (Å²) < 4.78 is 83.0. The van der Waals surface area contributed by atoms with Crippen molar-refractivity contribution in [1.29, 1.82) is 0 Å². The molecule has 4 rings (SSSR count). The van der Waals surface area contributed by atoms with Crippen LogP contribution in [0.15, 0.2) is 29.3 Å². The van der Waals surface area contributed by atoms with Crippen molar-refractivity contribution in [2.75, 3.05) is 0 Å². The highest BCUT2D eigenvalue weighted by Gasteiger charge is 2.50. The highest BCUT2D eigenvalue weighted by molar-refractivity contribution is 6.11. The molecule has 1 saturated carbocycles. The van der Waals surface area contributed by atoms with Crippen LogP contribution >= 0.6 is 0 Å². The summed E-state index contributed by atoms with van der Waals surface area (Å²) in [7, 11) is 0. The number of fused-ring (bicyclic) bond motifs is 2. The second kappa shape index (κ2) is 6.83. The fraction of sp³-hybridized carbons (Fsp3) is 0.450. The van der Waals surface area contributed by atoms with Gasteiger partial charge in [-0.1, -0.05) is 26.0 Å². The summed E-state index contributed by atoms with van der Waals surface area (Å²) in [4.78, 5) is 17.3. The molecular weight excluding hydrogens is 428 g/mol. The number of ether oxygens (including phenoxy) is 1. The van der Waals surface area contributed by atoms with E-state index in [0.29, 0.717) is 12.1 Å². The van der Waals surface area contributed by atoms with E-state index in [9.17, 15) is 31.1 Å². The van der Waals surface area contributed by atoms with Crippen LogP contribution in [0.5, 0.6) is 5.75 Å². The van der Waals surface area contributed by atoms with E-state index in [1.165, 1.54) is 12.1 Å². The van der Waals surface area contributed by atoms with Crippen molar-refractivity contribution in [3.63, 3.8) is 0 Å². The van der Waals surface area contributed by atoms with Gasteiger partial charge in [-0.2, -0.15) is 18.3 Å². The van der Waals surface area contributed by atoms with Gasteiger partial charge in [-0.15, -0.1) is 13.2 Å². The van der Waals surface area contributed by atoms with Crippen LogP contribution in [0, 0.1) is 11.3 Å². The Bertz CT molecular complexity index is 1070. The number of aromatic amines is 1. The maximum absolute atomic E-state index is 13.7. The van der Waals surface area contributed by atoms with Crippen LogP contribution in [0.1, 0.15) is 49.4 Å². The van der Waals surface area contributed by atoms with Gasteiger partial charge in [0.2, 0.25) is 0 Å². The lowest BCUT2D eigenvalue weighted by Crippen LogP contribution is -2.42. The Labute approximate surface area is 172 Å². The minimum Gasteiger partial charge on any atom is -0.406 e. The van der Waals surface area contributed by atoms with Crippen molar-refractivity contribution in [3.8, 4) is 5.75 Å². The molecule has 1 N–H and O–H groups in total. The molecule has 2 atom stereocenters. The Kier molecular flexibility index (Phi) is 4.71.